The van der Waals surface area contributed by atoms with E-state index in [1.807, 2.05) is 12.1 Å². The molecule has 0 bridgehead atoms. The van der Waals surface area contributed by atoms with Crippen LogP contribution in [0.2, 0.25) is 30.1 Å². The first-order valence-corrected chi connectivity index (χ1v) is 10.1. The zero-order valence-electron chi connectivity index (χ0n) is 12.1. The molecule has 0 saturated carbocycles. The quantitative estimate of drug-likeness (QED) is 0.224. The number of hydrogen-bond acceptors (Lipinski definition) is 1. The van der Waals surface area contributed by atoms with Gasteiger partial charge in [0.15, 0.2) is 0 Å². The lowest BCUT2D eigenvalue weighted by atomic mass is 10.1. The summed E-state index contributed by atoms with van der Waals surface area (Å²) in [6, 6.07) is 10.7. The van der Waals surface area contributed by atoms with Gasteiger partial charge >= 0.3 is 0 Å². The van der Waals surface area contributed by atoms with Gasteiger partial charge in [-0.3, -0.25) is 0 Å². The van der Waals surface area contributed by atoms with Crippen LogP contribution in [-0.4, -0.2) is 4.98 Å². The van der Waals surface area contributed by atoms with Crippen LogP contribution >= 0.6 is 92.2 Å². The molecule has 0 aliphatic carbocycles. The Balaban J connectivity index is 2.21. The molecule has 0 fully saturated rings. The van der Waals surface area contributed by atoms with Crippen LogP contribution in [0.1, 0.15) is 0 Å². The van der Waals surface area contributed by atoms with E-state index < -0.39 is 0 Å². The molecule has 128 valence electrons. The Morgan fingerprint density at radius 3 is 1.72 bits per heavy atom. The molecule has 0 radical (unpaired) electrons. The predicted octanol–water partition coefficient (Wildman–Crippen LogP) is 8.94. The zero-order valence-corrected chi connectivity index (χ0v) is 18.8. The summed E-state index contributed by atoms with van der Waals surface area (Å²) < 4.78 is 0.901. The molecule has 1 nitrogen and oxygen atoms in total. The van der Waals surface area contributed by atoms with Crippen LogP contribution < -0.4 is 0 Å². The van der Waals surface area contributed by atoms with Crippen molar-refractivity contribution in [1.29, 1.82) is 0 Å². The van der Waals surface area contributed by atoms with Gasteiger partial charge in [-0.2, -0.15) is 0 Å². The van der Waals surface area contributed by atoms with Crippen LogP contribution in [0.3, 0.4) is 0 Å². The normalized spacial score (nSPS) is 11.0. The molecule has 0 aliphatic rings. The van der Waals surface area contributed by atoms with Crippen molar-refractivity contribution < 1.29 is 0 Å². The van der Waals surface area contributed by atoms with E-state index in [1.54, 1.807) is 24.3 Å². The number of nitrogens with zero attached hydrogens (tertiary/aromatic N) is 1. The molecule has 1 heterocycles. The number of rotatable bonds is 2. The van der Waals surface area contributed by atoms with Gasteiger partial charge in [0.2, 0.25) is 0 Å². The monoisotopic (exact) mass is 561 g/mol. The number of hydrogen-bond donors (Lipinski definition) is 0. The second-order valence-corrected chi connectivity index (χ2v) is 8.46. The fourth-order valence-electron chi connectivity index (χ4n) is 2.21. The summed E-state index contributed by atoms with van der Waals surface area (Å²) in [7, 11) is 0. The minimum absolute atomic E-state index is 0.287. The van der Waals surface area contributed by atoms with Gasteiger partial charge in [-0.1, -0.05) is 69.6 Å². The van der Waals surface area contributed by atoms with Gasteiger partial charge in [-0.15, -0.1) is 0 Å². The lowest BCUT2D eigenvalue weighted by molar-refractivity contribution is 1.30. The van der Waals surface area contributed by atoms with Crippen LogP contribution in [0, 0.1) is 3.57 Å². The maximum Gasteiger partial charge on any atom is 0.0858 e. The topological polar surface area (TPSA) is 12.9 Å². The summed E-state index contributed by atoms with van der Waals surface area (Å²) in [6.07, 6.45) is 0. The van der Waals surface area contributed by atoms with E-state index in [2.05, 4.69) is 22.6 Å². The molecule has 0 N–H and O–H groups in total. The Kier molecular flexibility index (Phi) is 6.32. The van der Waals surface area contributed by atoms with Crippen LogP contribution in [-0.2, 0) is 0 Å². The van der Waals surface area contributed by atoms with E-state index in [0.717, 1.165) is 3.57 Å². The van der Waals surface area contributed by atoms with E-state index in [4.69, 9.17) is 74.6 Å². The average Bonchev–Trinajstić information content (AvgIpc) is 2.59. The summed E-state index contributed by atoms with van der Waals surface area (Å²) >= 11 is 39.2. The van der Waals surface area contributed by atoms with Crippen LogP contribution in [0.4, 0.5) is 0 Å². The van der Waals surface area contributed by atoms with Gasteiger partial charge in [-0.05, 0) is 59.0 Å². The summed E-state index contributed by atoms with van der Waals surface area (Å²) in [4.78, 5) is 4.70. The summed E-state index contributed by atoms with van der Waals surface area (Å²) in [6.45, 7) is 0. The minimum Gasteiger partial charge on any atom is -0.247 e. The molecule has 3 rings (SSSR count). The van der Waals surface area contributed by atoms with Crippen molar-refractivity contribution in [3.8, 4) is 22.5 Å². The number of aromatic nitrogens is 1. The van der Waals surface area contributed by atoms with Crippen molar-refractivity contribution in [2.75, 3.05) is 0 Å². The third-order valence-electron chi connectivity index (χ3n) is 3.45. The number of pyridine rings is 1. The highest BCUT2D eigenvalue weighted by atomic mass is 127. The van der Waals surface area contributed by atoms with E-state index in [-0.39, 0.29) is 10.0 Å². The fourth-order valence-corrected chi connectivity index (χ4v) is 4.06. The number of benzene rings is 2. The van der Waals surface area contributed by atoms with Gasteiger partial charge in [-0.25, -0.2) is 4.98 Å². The first kappa shape index (κ1) is 19.8. The molecular formula is C17H6Cl6IN. The first-order valence-electron chi connectivity index (χ1n) is 6.75. The van der Waals surface area contributed by atoms with Crippen molar-refractivity contribution >= 4 is 92.2 Å². The van der Waals surface area contributed by atoms with Crippen molar-refractivity contribution in [3.63, 3.8) is 0 Å². The Morgan fingerprint density at radius 1 is 0.600 bits per heavy atom. The van der Waals surface area contributed by atoms with Crippen LogP contribution in [0.5, 0.6) is 0 Å². The van der Waals surface area contributed by atoms with E-state index in [1.165, 1.54) is 0 Å². The molecule has 0 atom stereocenters. The maximum atomic E-state index is 6.36. The largest absolute Gasteiger partial charge is 0.247 e. The SMILES string of the molecule is Clc1ccc(-c2ccc(I)c(-c3ccc(Cl)c(Cl)c3Cl)n2)c(Cl)c1Cl. The smallest absolute Gasteiger partial charge is 0.0858 e. The Morgan fingerprint density at radius 2 is 1.12 bits per heavy atom. The Hall–Kier alpha value is 0.0600. The summed E-state index contributed by atoms with van der Waals surface area (Å²) in [5.41, 5.74) is 2.66. The number of halogens is 7. The fraction of sp³-hybridized carbons (Fsp3) is 0. The van der Waals surface area contributed by atoms with E-state index in [9.17, 15) is 0 Å². The minimum atomic E-state index is 0.287. The van der Waals surface area contributed by atoms with Crippen LogP contribution in [0.15, 0.2) is 36.4 Å². The highest BCUT2D eigenvalue weighted by molar-refractivity contribution is 14.1. The summed E-state index contributed by atoms with van der Waals surface area (Å²) in [5.74, 6) is 0. The molecule has 1 aromatic heterocycles. The molecule has 0 unspecified atom stereocenters. The third kappa shape index (κ3) is 3.86. The molecule has 0 amide bonds. The van der Waals surface area contributed by atoms with Gasteiger partial charge < -0.3 is 0 Å². The van der Waals surface area contributed by atoms with Crippen LogP contribution in [0.25, 0.3) is 22.5 Å². The molecule has 2 aromatic carbocycles. The van der Waals surface area contributed by atoms with Crippen molar-refractivity contribution in [1.82, 2.24) is 4.98 Å². The van der Waals surface area contributed by atoms with Gasteiger partial charge in [0, 0.05) is 14.7 Å². The zero-order chi connectivity index (χ0) is 18.3. The first-order chi connectivity index (χ1) is 11.8. The average molecular weight is 564 g/mol. The van der Waals surface area contributed by atoms with Gasteiger partial charge in [0.1, 0.15) is 0 Å². The molecule has 25 heavy (non-hydrogen) atoms. The third-order valence-corrected chi connectivity index (χ3v) is 6.91. The molecular weight excluding hydrogens is 558 g/mol. The predicted molar refractivity (Wildman–Crippen MR) is 118 cm³/mol. The molecule has 0 spiro atoms. The summed E-state index contributed by atoms with van der Waals surface area (Å²) in [5, 5.41) is 2.03. The maximum absolute atomic E-state index is 6.36. The molecule has 0 aliphatic heterocycles. The van der Waals surface area contributed by atoms with Crippen molar-refractivity contribution in [2.24, 2.45) is 0 Å². The second kappa shape index (κ2) is 7.97. The van der Waals surface area contributed by atoms with E-state index in [0.29, 0.717) is 42.6 Å². The highest BCUT2D eigenvalue weighted by Crippen LogP contribution is 2.41. The Labute approximate surface area is 188 Å². The standard InChI is InChI=1S/C17H6Cl6IN/c18-9-3-1-7(13(20)15(9)22)12-6-5-11(24)17(25-12)8-2-4-10(19)16(23)14(8)21/h1-6H. The molecule has 3 aromatic rings. The van der Waals surface area contributed by atoms with Gasteiger partial charge in [0.25, 0.3) is 0 Å². The molecule has 8 heteroatoms. The van der Waals surface area contributed by atoms with Crippen molar-refractivity contribution in [3.05, 3.63) is 70.1 Å². The van der Waals surface area contributed by atoms with Gasteiger partial charge in [0.05, 0.1) is 41.5 Å². The second-order valence-electron chi connectivity index (χ2n) is 4.97. The van der Waals surface area contributed by atoms with Crippen molar-refractivity contribution in [2.45, 2.75) is 0 Å². The highest BCUT2D eigenvalue weighted by Gasteiger charge is 2.17. The molecule has 0 saturated heterocycles. The lowest BCUT2D eigenvalue weighted by Crippen LogP contribution is -1.94. The van der Waals surface area contributed by atoms with E-state index >= 15 is 0 Å². The lowest BCUT2D eigenvalue weighted by Gasteiger charge is -2.12. The Bertz CT molecular complexity index is 989.